The number of hydrogen-bond acceptors (Lipinski definition) is 9. The molecule has 2 atom stereocenters. The lowest BCUT2D eigenvalue weighted by atomic mass is 9.98. The lowest BCUT2D eigenvalue weighted by molar-refractivity contribution is -0.201. The number of nitrogens with zero attached hydrogens (tertiary/aromatic N) is 3. The van der Waals surface area contributed by atoms with Crippen LogP contribution in [-0.4, -0.2) is 53.9 Å². The Labute approximate surface area is 219 Å². The first-order valence-corrected chi connectivity index (χ1v) is 12.3. The summed E-state index contributed by atoms with van der Waals surface area (Å²) in [5.74, 6) is -1.33. The van der Waals surface area contributed by atoms with Gasteiger partial charge in [0, 0.05) is 5.92 Å². The summed E-state index contributed by atoms with van der Waals surface area (Å²) in [6.07, 6.45) is 3.71. The number of alkyl carbamates (subject to hydrolysis) is 1. The average molecular weight is 517 g/mol. The lowest BCUT2D eigenvalue weighted by Crippen LogP contribution is -2.49. The molecule has 2 aromatic carbocycles. The number of benzene rings is 2. The minimum absolute atomic E-state index is 0.0825. The summed E-state index contributed by atoms with van der Waals surface area (Å²) in [5.41, 5.74) is 4.13. The summed E-state index contributed by atoms with van der Waals surface area (Å²) in [5, 5.41) is 11.0. The molecule has 10 heteroatoms. The molecule has 0 saturated carbocycles. The number of fused-ring (bicyclic) bond motifs is 4. The standard InChI is InChI=1S/C28H28N4O6/c1-28(2,3)37-16-23(26(34)38-32-25-22(30-31-32)13-8-14-24(25)33)29-27(35)36-15-21-19-11-6-4-9-17(19)18-10-5-7-12-20(18)21/h4-14,21,23,25H,15-16H2,1-3H3,(H,29,35)/t23-,25-/m1/s1. The highest BCUT2D eigenvalue weighted by atomic mass is 16.7. The van der Waals surface area contributed by atoms with Crippen molar-refractivity contribution >= 4 is 17.8 Å². The van der Waals surface area contributed by atoms with Crippen LogP contribution in [0.3, 0.4) is 0 Å². The van der Waals surface area contributed by atoms with Crippen LogP contribution in [-0.2, 0) is 23.9 Å². The molecular formula is C28H28N4O6. The molecule has 0 spiro atoms. The van der Waals surface area contributed by atoms with E-state index in [0.29, 0.717) is 5.70 Å². The maximum Gasteiger partial charge on any atom is 0.407 e. The van der Waals surface area contributed by atoms with Gasteiger partial charge < -0.3 is 19.6 Å². The molecule has 0 unspecified atom stereocenters. The Bertz CT molecular complexity index is 1310. The highest BCUT2D eigenvalue weighted by Gasteiger charge is 2.39. The molecule has 1 N–H and O–H groups in total. The number of allylic oxidation sites excluding steroid dienone is 2. The molecule has 0 bridgehead atoms. The summed E-state index contributed by atoms with van der Waals surface area (Å²) in [7, 11) is 0. The summed E-state index contributed by atoms with van der Waals surface area (Å²) in [6.45, 7) is 5.36. The van der Waals surface area contributed by atoms with E-state index in [1.54, 1.807) is 12.2 Å². The van der Waals surface area contributed by atoms with Crippen LogP contribution in [0.15, 0.2) is 82.8 Å². The van der Waals surface area contributed by atoms with Gasteiger partial charge in [0.05, 0.1) is 12.2 Å². The molecule has 0 aromatic heterocycles. The van der Waals surface area contributed by atoms with Gasteiger partial charge in [-0.25, -0.2) is 9.59 Å². The van der Waals surface area contributed by atoms with Crippen molar-refractivity contribution < 1.29 is 28.7 Å². The number of rotatable bonds is 7. The number of carbonyl (C=O) groups is 3. The number of carbonyl (C=O) groups excluding carboxylic acids is 3. The van der Waals surface area contributed by atoms with E-state index in [0.717, 1.165) is 27.4 Å². The van der Waals surface area contributed by atoms with Crippen LogP contribution in [0.5, 0.6) is 0 Å². The Morgan fingerprint density at radius 2 is 1.71 bits per heavy atom. The zero-order valence-electron chi connectivity index (χ0n) is 21.3. The molecule has 1 amide bonds. The number of amides is 1. The molecule has 5 rings (SSSR count). The minimum Gasteiger partial charge on any atom is -0.449 e. The van der Waals surface area contributed by atoms with Crippen molar-refractivity contribution in [3.05, 3.63) is 83.6 Å². The van der Waals surface area contributed by atoms with Crippen LogP contribution in [0.4, 0.5) is 4.79 Å². The van der Waals surface area contributed by atoms with Crippen LogP contribution >= 0.6 is 0 Å². The zero-order valence-corrected chi connectivity index (χ0v) is 21.3. The summed E-state index contributed by atoms with van der Waals surface area (Å²) in [6, 6.07) is 13.8. The van der Waals surface area contributed by atoms with Crippen LogP contribution in [0.1, 0.15) is 37.8 Å². The van der Waals surface area contributed by atoms with E-state index < -0.39 is 29.7 Å². The molecule has 196 valence electrons. The van der Waals surface area contributed by atoms with E-state index in [-0.39, 0.29) is 24.9 Å². The normalized spacial score (nSPS) is 18.4. The van der Waals surface area contributed by atoms with Crippen LogP contribution < -0.4 is 5.32 Å². The van der Waals surface area contributed by atoms with Crippen molar-refractivity contribution in [1.29, 1.82) is 0 Å². The van der Waals surface area contributed by atoms with Gasteiger partial charge >= 0.3 is 12.1 Å². The Hall–Kier alpha value is -4.31. The molecule has 0 radical (unpaired) electrons. The van der Waals surface area contributed by atoms with Gasteiger partial charge in [0.1, 0.15) is 12.3 Å². The van der Waals surface area contributed by atoms with Crippen molar-refractivity contribution in [2.75, 3.05) is 13.2 Å². The molecule has 10 nitrogen and oxygen atoms in total. The van der Waals surface area contributed by atoms with Crippen molar-refractivity contribution in [3.63, 3.8) is 0 Å². The predicted molar refractivity (Wildman–Crippen MR) is 137 cm³/mol. The number of ketones is 1. The highest BCUT2D eigenvalue weighted by molar-refractivity contribution is 5.98. The number of hydroxylamine groups is 1. The van der Waals surface area contributed by atoms with Crippen molar-refractivity contribution in [3.8, 4) is 11.1 Å². The molecule has 0 fully saturated rings. The quantitative estimate of drug-likeness (QED) is 0.585. The molecule has 38 heavy (non-hydrogen) atoms. The van der Waals surface area contributed by atoms with Gasteiger partial charge in [-0.15, -0.1) is 5.11 Å². The monoisotopic (exact) mass is 516 g/mol. The molecular weight excluding hydrogens is 488 g/mol. The topological polar surface area (TPSA) is 119 Å². The van der Waals surface area contributed by atoms with Gasteiger partial charge in [-0.1, -0.05) is 59.8 Å². The molecule has 1 heterocycles. The number of nitrogens with one attached hydrogen (secondary N) is 1. The Kier molecular flexibility index (Phi) is 6.81. The first-order valence-electron chi connectivity index (χ1n) is 12.3. The third-order valence-corrected chi connectivity index (χ3v) is 6.33. The Morgan fingerprint density at radius 1 is 1.05 bits per heavy atom. The fraction of sp³-hybridized carbons (Fsp3) is 0.321. The second-order valence-electron chi connectivity index (χ2n) is 10.1. The zero-order chi connectivity index (χ0) is 26.9. The van der Waals surface area contributed by atoms with Crippen LogP contribution in [0, 0.1) is 0 Å². The maximum atomic E-state index is 13.1. The predicted octanol–water partition coefficient (Wildman–Crippen LogP) is 4.24. The smallest absolute Gasteiger partial charge is 0.407 e. The second kappa shape index (κ2) is 10.2. The van der Waals surface area contributed by atoms with Crippen LogP contribution in [0.2, 0.25) is 0 Å². The van der Waals surface area contributed by atoms with Gasteiger partial charge in [0.2, 0.25) is 0 Å². The maximum absolute atomic E-state index is 13.1. The van der Waals surface area contributed by atoms with E-state index in [1.165, 1.54) is 6.08 Å². The fourth-order valence-corrected chi connectivity index (χ4v) is 4.54. The van der Waals surface area contributed by atoms with E-state index >= 15 is 0 Å². The van der Waals surface area contributed by atoms with E-state index in [2.05, 4.69) is 15.7 Å². The highest BCUT2D eigenvalue weighted by Crippen LogP contribution is 2.44. The third kappa shape index (κ3) is 5.21. The Morgan fingerprint density at radius 3 is 2.37 bits per heavy atom. The summed E-state index contributed by atoms with van der Waals surface area (Å²) >= 11 is 0. The minimum atomic E-state index is -1.22. The lowest BCUT2D eigenvalue weighted by Gasteiger charge is -2.26. The second-order valence-corrected chi connectivity index (χ2v) is 10.1. The summed E-state index contributed by atoms with van der Waals surface area (Å²) < 4.78 is 11.3. The van der Waals surface area contributed by atoms with E-state index in [9.17, 15) is 14.4 Å². The van der Waals surface area contributed by atoms with Gasteiger partial charge in [-0.2, -0.15) is 0 Å². The first-order chi connectivity index (χ1) is 18.2. The van der Waals surface area contributed by atoms with Crippen LogP contribution in [0.25, 0.3) is 11.1 Å². The van der Waals surface area contributed by atoms with Crippen molar-refractivity contribution in [1.82, 2.24) is 10.5 Å². The SMILES string of the molecule is CC(C)(C)OC[C@@H](NC(=O)OCC1c2ccccc2-c2ccccc21)C(=O)ON1N=NC2=CC=CC(=O)[C@@H]21. The Balaban J connectivity index is 1.25. The molecule has 0 saturated heterocycles. The van der Waals surface area contributed by atoms with Crippen molar-refractivity contribution in [2.24, 2.45) is 10.3 Å². The molecule has 3 aliphatic rings. The van der Waals surface area contributed by atoms with Gasteiger partial charge in [-0.05, 0) is 60.4 Å². The molecule has 2 aromatic rings. The largest absolute Gasteiger partial charge is 0.449 e. The third-order valence-electron chi connectivity index (χ3n) is 6.33. The van der Waals surface area contributed by atoms with Crippen molar-refractivity contribution in [2.45, 2.75) is 44.4 Å². The first kappa shape index (κ1) is 25.3. The van der Waals surface area contributed by atoms with Gasteiger partial charge in [0.15, 0.2) is 17.9 Å². The number of ether oxygens (including phenoxy) is 2. The average Bonchev–Trinajstić information content (AvgIpc) is 3.44. The van der Waals surface area contributed by atoms with Gasteiger partial charge in [0.25, 0.3) is 0 Å². The van der Waals surface area contributed by atoms with E-state index in [1.807, 2.05) is 69.3 Å². The molecule has 2 aliphatic carbocycles. The van der Waals surface area contributed by atoms with Gasteiger partial charge in [-0.3, -0.25) is 4.79 Å². The number of hydrogen-bond donors (Lipinski definition) is 1. The molecule has 1 aliphatic heterocycles. The van der Waals surface area contributed by atoms with E-state index in [4.69, 9.17) is 14.3 Å². The summed E-state index contributed by atoms with van der Waals surface area (Å²) in [4.78, 5) is 43.5. The fourth-order valence-electron chi connectivity index (χ4n) is 4.54.